The number of hydrogen-bond donors (Lipinski definition) is 1. The summed E-state index contributed by atoms with van der Waals surface area (Å²) >= 11 is 3.38. The molecule has 0 radical (unpaired) electrons. The van der Waals surface area contributed by atoms with Crippen molar-refractivity contribution in [3.8, 4) is 11.5 Å². The van der Waals surface area contributed by atoms with E-state index in [9.17, 15) is 4.79 Å². The van der Waals surface area contributed by atoms with E-state index in [2.05, 4.69) is 15.9 Å². The fourth-order valence-corrected chi connectivity index (χ4v) is 2.25. The average molecular weight is 314 g/mol. The molecule has 0 saturated heterocycles. The summed E-state index contributed by atoms with van der Waals surface area (Å²) in [7, 11) is 1.58. The molecule has 0 unspecified atom stereocenters. The second-order valence-corrected chi connectivity index (χ2v) is 5.23. The molecule has 0 atom stereocenters. The summed E-state index contributed by atoms with van der Waals surface area (Å²) in [5.41, 5.74) is 5.91. The third-order valence-corrected chi connectivity index (χ3v) is 3.48. The number of hydrogen-bond acceptors (Lipinski definition) is 4. The molecular weight excluding hydrogens is 298 g/mol. The maximum atomic E-state index is 11.6. The van der Waals surface area contributed by atoms with Crippen LogP contribution >= 0.6 is 15.9 Å². The van der Waals surface area contributed by atoms with Crippen LogP contribution in [0.25, 0.3) is 0 Å². The maximum absolute atomic E-state index is 11.6. The largest absolute Gasteiger partial charge is 0.492 e. The topological polar surface area (TPSA) is 61.5 Å². The average Bonchev–Trinajstić information content (AvgIpc) is 3.18. The lowest BCUT2D eigenvalue weighted by Gasteiger charge is -2.13. The van der Waals surface area contributed by atoms with Crippen molar-refractivity contribution in [3.05, 3.63) is 22.2 Å². The van der Waals surface area contributed by atoms with Crippen LogP contribution in [0.15, 0.2) is 16.6 Å². The van der Waals surface area contributed by atoms with Crippen molar-refractivity contribution >= 4 is 21.7 Å². The van der Waals surface area contributed by atoms with Crippen molar-refractivity contribution < 1.29 is 14.3 Å². The van der Waals surface area contributed by atoms with E-state index in [-0.39, 0.29) is 12.3 Å². The number of nitrogens with two attached hydrogens (primary N) is 1. The van der Waals surface area contributed by atoms with Crippen LogP contribution in [0.3, 0.4) is 0 Å². The van der Waals surface area contributed by atoms with E-state index in [1.54, 1.807) is 19.2 Å². The highest BCUT2D eigenvalue weighted by Crippen LogP contribution is 2.38. The first-order valence-electron chi connectivity index (χ1n) is 5.89. The van der Waals surface area contributed by atoms with Gasteiger partial charge in [-0.3, -0.25) is 4.79 Å². The van der Waals surface area contributed by atoms with Gasteiger partial charge in [0.05, 0.1) is 24.7 Å². The Labute approximate surface area is 115 Å². The van der Waals surface area contributed by atoms with Crippen LogP contribution in [0, 0.1) is 5.92 Å². The normalized spacial score (nSPS) is 14.4. The van der Waals surface area contributed by atoms with E-state index in [4.69, 9.17) is 15.2 Å². The van der Waals surface area contributed by atoms with Gasteiger partial charge in [-0.15, -0.1) is 0 Å². The van der Waals surface area contributed by atoms with E-state index in [1.807, 2.05) is 0 Å². The summed E-state index contributed by atoms with van der Waals surface area (Å²) in [6, 6.07) is 3.40. The van der Waals surface area contributed by atoms with E-state index < -0.39 is 0 Å². The van der Waals surface area contributed by atoms with Crippen molar-refractivity contribution in [1.29, 1.82) is 0 Å². The van der Waals surface area contributed by atoms with Crippen LogP contribution < -0.4 is 15.2 Å². The molecule has 2 rings (SSSR count). The third-order valence-electron chi connectivity index (χ3n) is 2.89. The highest BCUT2D eigenvalue weighted by atomic mass is 79.9. The number of ether oxygens (including phenoxy) is 2. The summed E-state index contributed by atoms with van der Waals surface area (Å²) in [6.45, 7) is 0.657. The van der Waals surface area contributed by atoms with Gasteiger partial charge in [0.25, 0.3) is 0 Å². The van der Waals surface area contributed by atoms with Gasteiger partial charge in [0.1, 0.15) is 0 Å². The van der Waals surface area contributed by atoms with Crippen molar-refractivity contribution in [1.82, 2.24) is 0 Å². The van der Waals surface area contributed by atoms with Crippen LogP contribution in [0.4, 0.5) is 0 Å². The molecule has 1 aliphatic rings. The van der Waals surface area contributed by atoms with Crippen LogP contribution in [-0.4, -0.2) is 26.0 Å². The zero-order valence-corrected chi connectivity index (χ0v) is 11.8. The molecule has 18 heavy (non-hydrogen) atoms. The van der Waals surface area contributed by atoms with E-state index in [0.717, 1.165) is 0 Å². The van der Waals surface area contributed by atoms with E-state index in [1.165, 1.54) is 12.8 Å². The number of benzene rings is 1. The molecule has 2 N–H and O–H groups in total. The minimum atomic E-state index is -0.116. The molecule has 4 nitrogen and oxygen atoms in total. The Morgan fingerprint density at radius 1 is 1.50 bits per heavy atom. The smallest absolute Gasteiger partial charge is 0.176 e. The second-order valence-electron chi connectivity index (χ2n) is 4.37. The number of ketones is 1. The van der Waals surface area contributed by atoms with Crippen molar-refractivity contribution in [2.24, 2.45) is 11.7 Å². The number of carbonyl (C=O) groups excluding carboxylic acids is 1. The fraction of sp³-hybridized carbons (Fsp3) is 0.462. The first-order valence-corrected chi connectivity index (χ1v) is 6.68. The fourth-order valence-electron chi connectivity index (χ4n) is 1.64. The Bertz CT molecular complexity index is 458. The highest BCUT2D eigenvalue weighted by molar-refractivity contribution is 9.10. The van der Waals surface area contributed by atoms with Crippen LogP contribution in [0.5, 0.6) is 11.5 Å². The molecule has 0 spiro atoms. The Morgan fingerprint density at radius 2 is 2.22 bits per heavy atom. The van der Waals surface area contributed by atoms with Crippen LogP contribution in [0.2, 0.25) is 0 Å². The molecular formula is C13H16BrNO3. The monoisotopic (exact) mass is 313 g/mol. The SMILES string of the molecule is COc1c(Br)cc(C(=O)CN)cc1OCC1CC1. The van der Waals surface area contributed by atoms with Crippen LogP contribution in [0.1, 0.15) is 23.2 Å². The minimum Gasteiger partial charge on any atom is -0.492 e. The summed E-state index contributed by atoms with van der Waals surface area (Å²) in [5.74, 6) is 1.73. The molecule has 1 fully saturated rings. The number of methoxy groups -OCH3 is 1. The third kappa shape index (κ3) is 3.03. The summed E-state index contributed by atoms with van der Waals surface area (Å²) in [6.07, 6.45) is 2.43. The molecule has 0 aliphatic heterocycles. The lowest BCUT2D eigenvalue weighted by Crippen LogP contribution is -2.14. The van der Waals surface area contributed by atoms with E-state index in [0.29, 0.717) is 34.1 Å². The molecule has 0 bridgehead atoms. The predicted molar refractivity (Wildman–Crippen MR) is 72.3 cm³/mol. The molecule has 0 aromatic heterocycles. The number of halogens is 1. The standard InChI is InChI=1S/C13H16BrNO3/c1-17-13-10(14)4-9(11(16)6-15)5-12(13)18-7-8-2-3-8/h4-5,8H,2-3,6-7,15H2,1H3. The van der Waals surface area contributed by atoms with Crippen molar-refractivity contribution in [3.63, 3.8) is 0 Å². The first kappa shape index (κ1) is 13.4. The summed E-state index contributed by atoms with van der Waals surface area (Å²) in [5, 5.41) is 0. The van der Waals surface area contributed by atoms with Gasteiger partial charge in [-0.1, -0.05) is 0 Å². The molecule has 0 amide bonds. The van der Waals surface area contributed by atoms with Gasteiger partial charge in [-0.05, 0) is 46.8 Å². The Morgan fingerprint density at radius 3 is 2.78 bits per heavy atom. The quantitative estimate of drug-likeness (QED) is 0.819. The highest BCUT2D eigenvalue weighted by Gasteiger charge is 2.23. The van der Waals surface area contributed by atoms with Crippen LogP contribution in [-0.2, 0) is 0 Å². The van der Waals surface area contributed by atoms with Gasteiger partial charge < -0.3 is 15.2 Å². The first-order chi connectivity index (χ1) is 8.65. The molecule has 0 heterocycles. The lowest BCUT2D eigenvalue weighted by atomic mass is 10.1. The molecule has 1 aromatic carbocycles. The van der Waals surface area contributed by atoms with Crippen molar-refractivity contribution in [2.75, 3.05) is 20.3 Å². The number of carbonyl (C=O) groups is 1. The van der Waals surface area contributed by atoms with Gasteiger partial charge in [0.15, 0.2) is 17.3 Å². The minimum absolute atomic E-state index is 0.0131. The maximum Gasteiger partial charge on any atom is 0.176 e. The Kier molecular flexibility index (Phi) is 4.24. The summed E-state index contributed by atoms with van der Waals surface area (Å²) < 4.78 is 11.7. The Hall–Kier alpha value is -1.07. The molecule has 1 aliphatic carbocycles. The zero-order valence-electron chi connectivity index (χ0n) is 10.2. The number of Topliss-reactive ketones (excluding diaryl/α,β-unsaturated/α-hetero) is 1. The molecule has 1 aromatic rings. The lowest BCUT2D eigenvalue weighted by molar-refractivity contribution is 0.100. The molecule has 1 saturated carbocycles. The van der Waals surface area contributed by atoms with Gasteiger partial charge in [0.2, 0.25) is 0 Å². The van der Waals surface area contributed by atoms with Gasteiger partial charge >= 0.3 is 0 Å². The Balaban J connectivity index is 2.26. The van der Waals surface area contributed by atoms with Gasteiger partial charge in [-0.25, -0.2) is 0 Å². The molecule has 5 heteroatoms. The molecule has 98 valence electrons. The summed E-state index contributed by atoms with van der Waals surface area (Å²) in [4.78, 5) is 11.6. The van der Waals surface area contributed by atoms with E-state index >= 15 is 0 Å². The number of rotatable bonds is 6. The van der Waals surface area contributed by atoms with Gasteiger partial charge in [0, 0.05) is 5.56 Å². The second kappa shape index (κ2) is 5.71. The van der Waals surface area contributed by atoms with Gasteiger partial charge in [-0.2, -0.15) is 0 Å². The van der Waals surface area contributed by atoms with Crippen molar-refractivity contribution in [2.45, 2.75) is 12.8 Å². The zero-order chi connectivity index (χ0) is 13.1. The predicted octanol–water partition coefficient (Wildman–Crippen LogP) is 2.39.